The van der Waals surface area contributed by atoms with E-state index in [1.54, 1.807) is 6.07 Å². The zero-order valence-corrected chi connectivity index (χ0v) is 12.3. The van der Waals surface area contributed by atoms with Crippen LogP contribution in [0.4, 0.5) is 5.82 Å². The Kier molecular flexibility index (Phi) is 4.95. The molecule has 1 saturated heterocycles. The van der Waals surface area contributed by atoms with Crippen LogP contribution in [0.15, 0.2) is 18.2 Å². The molecule has 0 aromatic carbocycles. The number of aromatic nitrogens is 1. The maximum absolute atomic E-state index is 11.2. The first kappa shape index (κ1) is 14.8. The average Bonchev–Trinajstić information content (AvgIpc) is 2.45. The van der Waals surface area contributed by atoms with Gasteiger partial charge in [0.2, 0.25) is 0 Å². The van der Waals surface area contributed by atoms with Gasteiger partial charge in [-0.05, 0) is 37.4 Å². The van der Waals surface area contributed by atoms with Crippen molar-refractivity contribution in [3.8, 4) is 0 Å². The SMILES string of the molecule is CC(C)NCC1CCCN(c2cccc(C(N)=O)n2)C1. The Labute approximate surface area is 120 Å². The lowest BCUT2D eigenvalue weighted by molar-refractivity contribution is 0.0995. The number of pyridine rings is 1. The van der Waals surface area contributed by atoms with Gasteiger partial charge in [-0.2, -0.15) is 0 Å². The van der Waals surface area contributed by atoms with E-state index in [1.165, 1.54) is 6.42 Å². The van der Waals surface area contributed by atoms with Crippen molar-refractivity contribution in [2.75, 3.05) is 24.5 Å². The summed E-state index contributed by atoms with van der Waals surface area (Å²) in [7, 11) is 0. The molecule has 1 fully saturated rings. The molecule has 5 nitrogen and oxygen atoms in total. The van der Waals surface area contributed by atoms with Crippen LogP contribution in [0.25, 0.3) is 0 Å². The highest BCUT2D eigenvalue weighted by atomic mass is 16.1. The molecule has 0 saturated carbocycles. The standard InChI is InChI=1S/C15H24N4O/c1-11(2)17-9-12-5-4-8-19(10-12)14-7-3-6-13(18-14)15(16)20/h3,6-7,11-12,17H,4-5,8-10H2,1-2H3,(H2,16,20). The van der Waals surface area contributed by atoms with Gasteiger partial charge >= 0.3 is 0 Å². The Morgan fingerprint density at radius 1 is 1.55 bits per heavy atom. The zero-order chi connectivity index (χ0) is 14.5. The lowest BCUT2D eigenvalue weighted by Crippen LogP contribution is -2.41. The van der Waals surface area contributed by atoms with Crippen molar-refractivity contribution < 1.29 is 4.79 Å². The molecular formula is C15H24N4O. The van der Waals surface area contributed by atoms with Crippen molar-refractivity contribution in [3.05, 3.63) is 23.9 Å². The fraction of sp³-hybridized carbons (Fsp3) is 0.600. The Bertz CT molecular complexity index is 461. The average molecular weight is 276 g/mol. The summed E-state index contributed by atoms with van der Waals surface area (Å²) in [6.07, 6.45) is 2.40. The summed E-state index contributed by atoms with van der Waals surface area (Å²) in [5.74, 6) is 1.02. The number of carbonyl (C=O) groups is 1. The van der Waals surface area contributed by atoms with Gasteiger partial charge in [0.25, 0.3) is 5.91 Å². The van der Waals surface area contributed by atoms with Crippen LogP contribution in [0.2, 0.25) is 0 Å². The molecule has 20 heavy (non-hydrogen) atoms. The van der Waals surface area contributed by atoms with E-state index in [1.807, 2.05) is 12.1 Å². The molecule has 1 atom stereocenters. The smallest absolute Gasteiger partial charge is 0.267 e. The molecule has 0 spiro atoms. The summed E-state index contributed by atoms with van der Waals surface area (Å²) >= 11 is 0. The maximum atomic E-state index is 11.2. The second-order valence-corrected chi connectivity index (χ2v) is 5.76. The molecule has 1 unspecified atom stereocenters. The number of carbonyl (C=O) groups excluding carboxylic acids is 1. The molecule has 2 heterocycles. The highest BCUT2D eigenvalue weighted by molar-refractivity contribution is 5.91. The number of amides is 1. The third kappa shape index (κ3) is 3.93. The van der Waals surface area contributed by atoms with E-state index in [4.69, 9.17) is 5.73 Å². The van der Waals surface area contributed by atoms with E-state index in [0.29, 0.717) is 17.7 Å². The molecule has 110 valence electrons. The van der Waals surface area contributed by atoms with Crippen LogP contribution in [0.5, 0.6) is 0 Å². The Hall–Kier alpha value is -1.62. The fourth-order valence-corrected chi connectivity index (χ4v) is 2.58. The number of nitrogens with zero attached hydrogens (tertiary/aromatic N) is 2. The number of piperidine rings is 1. The predicted octanol–water partition coefficient (Wildman–Crippen LogP) is 1.39. The highest BCUT2D eigenvalue weighted by Gasteiger charge is 2.21. The molecule has 0 radical (unpaired) electrons. The minimum absolute atomic E-state index is 0.338. The van der Waals surface area contributed by atoms with Gasteiger partial charge in [0, 0.05) is 19.1 Å². The van der Waals surface area contributed by atoms with Crippen LogP contribution in [-0.4, -0.2) is 36.6 Å². The number of nitrogens with two attached hydrogens (primary N) is 1. The van der Waals surface area contributed by atoms with Crippen LogP contribution >= 0.6 is 0 Å². The Morgan fingerprint density at radius 3 is 3.05 bits per heavy atom. The minimum atomic E-state index is -0.470. The van der Waals surface area contributed by atoms with E-state index in [9.17, 15) is 4.79 Å². The van der Waals surface area contributed by atoms with Crippen molar-refractivity contribution in [2.24, 2.45) is 11.7 Å². The molecule has 1 amide bonds. The number of hydrogen-bond acceptors (Lipinski definition) is 4. The topological polar surface area (TPSA) is 71.2 Å². The van der Waals surface area contributed by atoms with Gasteiger partial charge in [0.05, 0.1) is 0 Å². The number of nitrogens with one attached hydrogen (secondary N) is 1. The van der Waals surface area contributed by atoms with Crippen molar-refractivity contribution in [2.45, 2.75) is 32.7 Å². The normalized spacial score (nSPS) is 19.4. The maximum Gasteiger partial charge on any atom is 0.267 e. The first-order valence-corrected chi connectivity index (χ1v) is 7.31. The fourth-order valence-electron chi connectivity index (χ4n) is 2.58. The van der Waals surface area contributed by atoms with E-state index in [0.717, 1.165) is 31.9 Å². The molecule has 5 heteroatoms. The first-order valence-electron chi connectivity index (χ1n) is 7.31. The number of anilines is 1. The zero-order valence-electron chi connectivity index (χ0n) is 12.3. The van der Waals surface area contributed by atoms with E-state index in [2.05, 4.69) is 29.0 Å². The summed E-state index contributed by atoms with van der Waals surface area (Å²) in [6, 6.07) is 5.97. The molecule has 1 aromatic rings. The van der Waals surface area contributed by atoms with Gasteiger partial charge in [0.15, 0.2) is 0 Å². The van der Waals surface area contributed by atoms with Crippen molar-refractivity contribution in [1.82, 2.24) is 10.3 Å². The second kappa shape index (κ2) is 6.70. The Morgan fingerprint density at radius 2 is 2.35 bits per heavy atom. The van der Waals surface area contributed by atoms with Crippen molar-refractivity contribution in [3.63, 3.8) is 0 Å². The van der Waals surface area contributed by atoms with Gasteiger partial charge in [-0.3, -0.25) is 4.79 Å². The minimum Gasteiger partial charge on any atom is -0.364 e. The summed E-state index contributed by atoms with van der Waals surface area (Å²) in [5.41, 5.74) is 5.63. The molecule has 1 aliphatic rings. The third-order valence-corrected chi connectivity index (χ3v) is 3.64. The summed E-state index contributed by atoms with van der Waals surface area (Å²) in [6.45, 7) is 7.34. The molecular weight excluding hydrogens is 252 g/mol. The van der Waals surface area contributed by atoms with E-state index >= 15 is 0 Å². The molecule has 1 aliphatic heterocycles. The Balaban J connectivity index is 2.01. The van der Waals surface area contributed by atoms with Crippen LogP contribution in [0.1, 0.15) is 37.2 Å². The van der Waals surface area contributed by atoms with Gasteiger partial charge in [-0.1, -0.05) is 19.9 Å². The molecule has 1 aromatic heterocycles. The predicted molar refractivity (Wildman–Crippen MR) is 80.8 cm³/mol. The van der Waals surface area contributed by atoms with E-state index < -0.39 is 5.91 Å². The quantitative estimate of drug-likeness (QED) is 0.852. The van der Waals surface area contributed by atoms with Crippen molar-refractivity contribution >= 4 is 11.7 Å². The van der Waals surface area contributed by atoms with Gasteiger partial charge < -0.3 is 16.0 Å². The molecule has 2 rings (SSSR count). The second-order valence-electron chi connectivity index (χ2n) is 5.76. The lowest BCUT2D eigenvalue weighted by Gasteiger charge is -2.34. The number of rotatable bonds is 5. The monoisotopic (exact) mass is 276 g/mol. The van der Waals surface area contributed by atoms with Crippen LogP contribution in [0, 0.1) is 5.92 Å². The number of hydrogen-bond donors (Lipinski definition) is 2. The molecule has 0 aliphatic carbocycles. The van der Waals surface area contributed by atoms with Crippen LogP contribution < -0.4 is 16.0 Å². The van der Waals surface area contributed by atoms with Crippen LogP contribution in [-0.2, 0) is 0 Å². The van der Waals surface area contributed by atoms with E-state index in [-0.39, 0.29) is 0 Å². The number of primary amides is 1. The molecule has 3 N–H and O–H groups in total. The van der Waals surface area contributed by atoms with Crippen molar-refractivity contribution in [1.29, 1.82) is 0 Å². The van der Waals surface area contributed by atoms with Gasteiger partial charge in [-0.25, -0.2) is 4.98 Å². The highest BCUT2D eigenvalue weighted by Crippen LogP contribution is 2.21. The van der Waals surface area contributed by atoms with Crippen LogP contribution in [0.3, 0.4) is 0 Å². The third-order valence-electron chi connectivity index (χ3n) is 3.64. The summed E-state index contributed by atoms with van der Waals surface area (Å²) < 4.78 is 0. The molecule has 0 bridgehead atoms. The van der Waals surface area contributed by atoms with Gasteiger partial charge in [-0.15, -0.1) is 0 Å². The first-order chi connectivity index (χ1) is 9.56. The lowest BCUT2D eigenvalue weighted by atomic mass is 9.97. The van der Waals surface area contributed by atoms with Gasteiger partial charge in [0.1, 0.15) is 11.5 Å². The summed E-state index contributed by atoms with van der Waals surface area (Å²) in [4.78, 5) is 17.8. The summed E-state index contributed by atoms with van der Waals surface area (Å²) in [5, 5.41) is 3.50. The largest absolute Gasteiger partial charge is 0.364 e.